The molecule has 0 unspecified atom stereocenters. The largest absolute Gasteiger partial charge is 0.619 e. The molecule has 0 saturated heterocycles. The molecule has 0 aliphatic carbocycles. The highest BCUT2D eigenvalue weighted by molar-refractivity contribution is 6.35. The fourth-order valence-electron chi connectivity index (χ4n) is 2.60. The molecule has 6 nitrogen and oxygen atoms in total. The van der Waals surface area contributed by atoms with E-state index in [0.29, 0.717) is 16.9 Å². The number of pyridine rings is 1. The molecule has 1 aromatic heterocycles. The maximum absolute atomic E-state index is 13.2. The SMILES string of the molecule is O=C(Nc1ccc[n+]([O-])c1)c1c(Cl)cc(C(F)(F)F)cc1Oc1ccc(OC(F)(F)F)cc1. The van der Waals surface area contributed by atoms with Gasteiger partial charge in [0.15, 0.2) is 6.20 Å². The van der Waals surface area contributed by atoms with Gasteiger partial charge in [0.2, 0.25) is 6.20 Å². The number of carbonyl (C=O) groups excluding carboxylic acids is 1. The summed E-state index contributed by atoms with van der Waals surface area (Å²) in [6.45, 7) is 0. The van der Waals surface area contributed by atoms with Crippen molar-refractivity contribution in [2.75, 3.05) is 5.32 Å². The minimum atomic E-state index is -4.94. The lowest BCUT2D eigenvalue weighted by Gasteiger charge is -2.16. The van der Waals surface area contributed by atoms with Gasteiger partial charge in [-0.05, 0) is 42.5 Å². The second-order valence-corrected chi connectivity index (χ2v) is 6.76. The van der Waals surface area contributed by atoms with E-state index in [1.54, 1.807) is 0 Å². The zero-order valence-corrected chi connectivity index (χ0v) is 16.8. The van der Waals surface area contributed by atoms with Crippen LogP contribution in [-0.4, -0.2) is 12.3 Å². The third kappa shape index (κ3) is 6.42. The summed E-state index contributed by atoms with van der Waals surface area (Å²) in [6, 6.07) is 7.43. The average Bonchev–Trinajstić information content (AvgIpc) is 2.67. The van der Waals surface area contributed by atoms with Crippen LogP contribution in [0, 0.1) is 5.21 Å². The molecule has 0 spiro atoms. The minimum Gasteiger partial charge on any atom is -0.619 e. The lowest BCUT2D eigenvalue weighted by molar-refractivity contribution is -0.604. The van der Waals surface area contributed by atoms with Crippen molar-refractivity contribution in [3.05, 3.63) is 82.3 Å². The molecular weight excluding hydrogens is 482 g/mol. The summed E-state index contributed by atoms with van der Waals surface area (Å²) in [5, 5.41) is 13.1. The number of amides is 1. The number of halogens is 7. The van der Waals surface area contributed by atoms with E-state index >= 15 is 0 Å². The fraction of sp³-hybridized carbons (Fsp3) is 0.100. The fourth-order valence-corrected chi connectivity index (χ4v) is 2.90. The number of nitrogens with zero attached hydrogens (tertiary/aromatic N) is 1. The van der Waals surface area contributed by atoms with Crippen LogP contribution in [0.4, 0.5) is 32.0 Å². The molecule has 13 heteroatoms. The van der Waals surface area contributed by atoms with Gasteiger partial charge in [0, 0.05) is 6.07 Å². The first-order chi connectivity index (χ1) is 15.3. The van der Waals surface area contributed by atoms with Crippen LogP contribution >= 0.6 is 11.6 Å². The Bertz CT molecular complexity index is 1170. The molecule has 1 N–H and O–H groups in total. The summed E-state index contributed by atoms with van der Waals surface area (Å²) in [5.41, 5.74) is -1.71. The predicted octanol–water partition coefficient (Wildman–Crippen LogP) is 5.94. The lowest BCUT2D eigenvalue weighted by atomic mass is 10.1. The average molecular weight is 493 g/mol. The molecule has 0 saturated carbocycles. The Hall–Kier alpha value is -3.67. The molecule has 0 aliphatic rings. The van der Waals surface area contributed by atoms with Crippen LogP contribution in [0.25, 0.3) is 0 Å². The maximum atomic E-state index is 13.2. The van der Waals surface area contributed by atoms with Crippen LogP contribution in [0.5, 0.6) is 17.2 Å². The number of hydrogen-bond acceptors (Lipinski definition) is 4. The van der Waals surface area contributed by atoms with Crippen molar-refractivity contribution in [3.8, 4) is 17.2 Å². The van der Waals surface area contributed by atoms with Gasteiger partial charge in [-0.3, -0.25) is 4.79 Å². The Morgan fingerprint density at radius 1 is 1.00 bits per heavy atom. The molecule has 0 fully saturated rings. The first-order valence-corrected chi connectivity index (χ1v) is 9.14. The molecule has 0 bridgehead atoms. The van der Waals surface area contributed by atoms with Gasteiger partial charge in [0.25, 0.3) is 5.91 Å². The van der Waals surface area contributed by atoms with E-state index in [-0.39, 0.29) is 11.4 Å². The monoisotopic (exact) mass is 492 g/mol. The number of nitrogens with one attached hydrogen (secondary N) is 1. The summed E-state index contributed by atoms with van der Waals surface area (Å²) >= 11 is 5.94. The number of anilines is 1. The third-order valence-corrected chi connectivity index (χ3v) is 4.22. The number of hydrogen-bond donors (Lipinski definition) is 1. The van der Waals surface area contributed by atoms with Gasteiger partial charge in [-0.1, -0.05) is 11.6 Å². The van der Waals surface area contributed by atoms with Crippen molar-refractivity contribution < 1.29 is 45.3 Å². The smallest absolute Gasteiger partial charge is 0.573 e. The quantitative estimate of drug-likeness (QED) is 0.272. The van der Waals surface area contributed by atoms with Gasteiger partial charge < -0.3 is 20.0 Å². The van der Waals surface area contributed by atoms with E-state index in [4.69, 9.17) is 16.3 Å². The van der Waals surface area contributed by atoms with E-state index in [9.17, 15) is 36.3 Å². The molecule has 33 heavy (non-hydrogen) atoms. The van der Waals surface area contributed by atoms with Crippen LogP contribution in [0.15, 0.2) is 60.9 Å². The Morgan fingerprint density at radius 2 is 1.64 bits per heavy atom. The zero-order chi connectivity index (χ0) is 24.4. The highest BCUT2D eigenvalue weighted by Gasteiger charge is 2.34. The van der Waals surface area contributed by atoms with Crippen molar-refractivity contribution in [1.82, 2.24) is 0 Å². The van der Waals surface area contributed by atoms with Crippen LogP contribution < -0.4 is 19.5 Å². The third-order valence-electron chi connectivity index (χ3n) is 3.93. The summed E-state index contributed by atoms with van der Waals surface area (Å²) in [4.78, 5) is 12.7. The Labute approximate surface area is 186 Å². The summed E-state index contributed by atoms with van der Waals surface area (Å²) < 4.78 is 86.1. The maximum Gasteiger partial charge on any atom is 0.573 e. The van der Waals surface area contributed by atoms with Crippen molar-refractivity contribution in [1.29, 1.82) is 0 Å². The highest BCUT2D eigenvalue weighted by atomic mass is 35.5. The predicted molar refractivity (Wildman–Crippen MR) is 103 cm³/mol. The normalized spacial score (nSPS) is 11.7. The van der Waals surface area contributed by atoms with Crippen LogP contribution in [-0.2, 0) is 6.18 Å². The molecule has 3 rings (SSSR count). The Kier molecular flexibility index (Phi) is 6.58. The molecule has 174 valence electrons. The summed E-state index contributed by atoms with van der Waals surface area (Å²) in [5.74, 6) is -2.41. The number of ether oxygens (including phenoxy) is 2. The van der Waals surface area contributed by atoms with Gasteiger partial charge in [-0.15, -0.1) is 13.2 Å². The van der Waals surface area contributed by atoms with E-state index in [0.717, 1.165) is 36.7 Å². The number of rotatable bonds is 5. The summed E-state index contributed by atoms with van der Waals surface area (Å²) in [7, 11) is 0. The van der Waals surface area contributed by atoms with E-state index < -0.39 is 46.1 Å². The van der Waals surface area contributed by atoms with Crippen LogP contribution in [0.1, 0.15) is 15.9 Å². The molecule has 2 aromatic carbocycles. The molecular formula is C20H11ClF6N2O4. The van der Waals surface area contributed by atoms with Crippen LogP contribution in [0.3, 0.4) is 0 Å². The van der Waals surface area contributed by atoms with E-state index in [1.807, 2.05) is 0 Å². The van der Waals surface area contributed by atoms with Gasteiger partial charge in [0.05, 0.1) is 10.6 Å². The second kappa shape index (κ2) is 9.06. The van der Waals surface area contributed by atoms with E-state index in [2.05, 4.69) is 10.1 Å². The summed E-state index contributed by atoms with van der Waals surface area (Å²) in [6.07, 6.45) is -7.65. The Balaban J connectivity index is 1.97. The molecule has 1 heterocycles. The van der Waals surface area contributed by atoms with Gasteiger partial charge >= 0.3 is 12.5 Å². The first-order valence-electron chi connectivity index (χ1n) is 8.76. The number of aromatic nitrogens is 1. The van der Waals surface area contributed by atoms with Gasteiger partial charge in [-0.2, -0.15) is 17.9 Å². The van der Waals surface area contributed by atoms with Gasteiger partial charge in [0.1, 0.15) is 28.5 Å². The molecule has 0 aliphatic heterocycles. The minimum absolute atomic E-state index is 0.0214. The van der Waals surface area contributed by atoms with Crippen molar-refractivity contribution in [2.45, 2.75) is 12.5 Å². The second-order valence-electron chi connectivity index (χ2n) is 6.36. The Morgan fingerprint density at radius 3 is 2.21 bits per heavy atom. The molecule has 3 aromatic rings. The standard InChI is InChI=1S/C20H11ClF6N2O4/c21-15-8-11(19(22,23)24)9-16(17(15)18(30)28-12-2-1-7-29(31)10-12)32-13-3-5-14(6-4-13)33-20(25,26)27/h1-10H,(H,28,30). The topological polar surface area (TPSA) is 74.5 Å². The molecule has 1 amide bonds. The number of alkyl halides is 6. The lowest BCUT2D eigenvalue weighted by Crippen LogP contribution is -2.25. The molecule has 0 atom stereocenters. The number of benzene rings is 2. The number of carbonyl (C=O) groups is 1. The zero-order valence-electron chi connectivity index (χ0n) is 16.0. The van der Waals surface area contributed by atoms with Gasteiger partial charge in [-0.25, -0.2) is 0 Å². The van der Waals surface area contributed by atoms with Crippen molar-refractivity contribution >= 4 is 23.2 Å². The van der Waals surface area contributed by atoms with E-state index in [1.165, 1.54) is 12.1 Å². The van der Waals surface area contributed by atoms with Crippen LogP contribution in [0.2, 0.25) is 5.02 Å². The molecule has 0 radical (unpaired) electrons. The first kappa shape index (κ1) is 24.0. The van der Waals surface area contributed by atoms with Crippen molar-refractivity contribution in [3.63, 3.8) is 0 Å². The van der Waals surface area contributed by atoms with Crippen molar-refractivity contribution in [2.24, 2.45) is 0 Å². The highest BCUT2D eigenvalue weighted by Crippen LogP contribution is 2.39.